The number of hydrogen-bond acceptors (Lipinski definition) is 7. The second-order valence-electron chi connectivity index (χ2n) is 10.9. The number of carbonyl (C=O) groups is 2. The molecular formula is C33H40N4O5. The van der Waals surface area contributed by atoms with E-state index in [1.54, 1.807) is 23.1 Å². The number of amides is 2. The number of fused-ring (bicyclic) bond motifs is 1. The molecule has 0 bridgehead atoms. The minimum atomic E-state index is -0.346. The van der Waals surface area contributed by atoms with Crippen LogP contribution in [0, 0.1) is 5.92 Å². The predicted octanol–water partition coefficient (Wildman–Crippen LogP) is 4.18. The van der Waals surface area contributed by atoms with E-state index in [0.29, 0.717) is 43.1 Å². The molecule has 9 heteroatoms. The van der Waals surface area contributed by atoms with Crippen LogP contribution in [0.5, 0.6) is 17.2 Å². The van der Waals surface area contributed by atoms with Gasteiger partial charge in [0.15, 0.2) is 5.75 Å². The van der Waals surface area contributed by atoms with Gasteiger partial charge in [0.1, 0.15) is 17.6 Å². The molecule has 42 heavy (non-hydrogen) atoms. The van der Waals surface area contributed by atoms with Crippen molar-refractivity contribution in [2.24, 2.45) is 5.92 Å². The number of nitrogens with zero attached hydrogens (tertiary/aromatic N) is 1. The van der Waals surface area contributed by atoms with Crippen LogP contribution < -0.4 is 25.4 Å². The first kappa shape index (κ1) is 29.6. The number of aliphatic hydroxyl groups is 1. The van der Waals surface area contributed by atoms with Gasteiger partial charge in [-0.15, -0.1) is 0 Å². The zero-order chi connectivity index (χ0) is 29.3. The quantitative estimate of drug-likeness (QED) is 0.288. The lowest BCUT2D eigenvalue weighted by Crippen LogP contribution is -2.45. The Balaban J connectivity index is 1.28. The van der Waals surface area contributed by atoms with Gasteiger partial charge in [-0.25, -0.2) is 0 Å². The van der Waals surface area contributed by atoms with Crippen molar-refractivity contribution in [1.82, 2.24) is 15.5 Å². The number of carbonyl (C=O) groups excluding carboxylic acids is 2. The van der Waals surface area contributed by atoms with Crippen molar-refractivity contribution in [2.75, 3.05) is 38.1 Å². The van der Waals surface area contributed by atoms with Crippen molar-refractivity contribution in [3.63, 3.8) is 0 Å². The van der Waals surface area contributed by atoms with Crippen LogP contribution in [0.4, 0.5) is 5.69 Å². The Hall–Kier alpha value is -3.92. The maximum Gasteiger partial charge on any atom is 0.258 e. The van der Waals surface area contributed by atoms with Crippen molar-refractivity contribution in [3.8, 4) is 17.2 Å². The van der Waals surface area contributed by atoms with Gasteiger partial charge in [0.25, 0.3) is 5.91 Å². The summed E-state index contributed by atoms with van der Waals surface area (Å²) in [5.74, 6) is 1.59. The van der Waals surface area contributed by atoms with Crippen molar-refractivity contribution >= 4 is 17.5 Å². The van der Waals surface area contributed by atoms with E-state index in [9.17, 15) is 14.7 Å². The molecule has 0 spiro atoms. The molecule has 1 saturated heterocycles. The molecule has 2 aliphatic rings. The van der Waals surface area contributed by atoms with Gasteiger partial charge in [-0.1, -0.05) is 36.4 Å². The van der Waals surface area contributed by atoms with Gasteiger partial charge < -0.3 is 35.4 Å². The van der Waals surface area contributed by atoms with Gasteiger partial charge >= 0.3 is 0 Å². The Labute approximate surface area is 247 Å². The van der Waals surface area contributed by atoms with E-state index in [1.165, 1.54) is 0 Å². The van der Waals surface area contributed by atoms with Gasteiger partial charge in [-0.05, 0) is 74.8 Å². The van der Waals surface area contributed by atoms with Crippen LogP contribution >= 0.6 is 0 Å². The van der Waals surface area contributed by atoms with Gasteiger partial charge in [0.05, 0.1) is 23.9 Å². The molecule has 2 unspecified atom stereocenters. The van der Waals surface area contributed by atoms with Gasteiger partial charge in [0.2, 0.25) is 5.91 Å². The molecule has 2 atom stereocenters. The van der Waals surface area contributed by atoms with E-state index in [1.807, 2.05) is 61.5 Å². The summed E-state index contributed by atoms with van der Waals surface area (Å²) >= 11 is 0. The SMILES string of the molecule is CC(CO)N1CCC(CNCc2ccc(Oc3ccccc3)cc2)Oc2c(NC(=O)C3CCNCC3)cccc2C1=O. The molecule has 0 saturated carbocycles. The molecule has 2 aliphatic heterocycles. The fourth-order valence-corrected chi connectivity index (χ4v) is 5.35. The highest BCUT2D eigenvalue weighted by Crippen LogP contribution is 2.34. The van der Waals surface area contributed by atoms with Gasteiger partial charge in [-0.2, -0.15) is 0 Å². The fourth-order valence-electron chi connectivity index (χ4n) is 5.35. The number of anilines is 1. The van der Waals surface area contributed by atoms with Crippen molar-refractivity contribution in [2.45, 2.75) is 44.9 Å². The number of benzene rings is 3. The normalized spacial score (nSPS) is 18.3. The molecular weight excluding hydrogens is 532 g/mol. The molecule has 1 fully saturated rings. The number of aliphatic hydroxyl groups excluding tert-OH is 1. The smallest absolute Gasteiger partial charge is 0.258 e. The van der Waals surface area contributed by atoms with Crippen LogP contribution in [0.25, 0.3) is 0 Å². The number of ether oxygens (including phenoxy) is 2. The highest BCUT2D eigenvalue weighted by Gasteiger charge is 2.31. The Bertz CT molecular complexity index is 1330. The third-order valence-electron chi connectivity index (χ3n) is 7.85. The summed E-state index contributed by atoms with van der Waals surface area (Å²) in [6, 6.07) is 22.5. The van der Waals surface area contributed by atoms with E-state index < -0.39 is 0 Å². The average Bonchev–Trinajstić information content (AvgIpc) is 3.02. The van der Waals surface area contributed by atoms with E-state index in [4.69, 9.17) is 9.47 Å². The lowest BCUT2D eigenvalue weighted by molar-refractivity contribution is -0.120. The molecule has 0 aromatic heterocycles. The highest BCUT2D eigenvalue weighted by molar-refractivity contribution is 6.02. The monoisotopic (exact) mass is 572 g/mol. The van der Waals surface area contributed by atoms with E-state index in [-0.39, 0.29) is 36.5 Å². The summed E-state index contributed by atoms with van der Waals surface area (Å²) in [4.78, 5) is 28.4. The fraction of sp³-hybridized carbons (Fsp3) is 0.394. The van der Waals surface area contributed by atoms with Crippen molar-refractivity contribution < 1.29 is 24.2 Å². The first-order chi connectivity index (χ1) is 20.5. The van der Waals surface area contributed by atoms with Crippen LogP contribution in [0.3, 0.4) is 0 Å². The van der Waals surface area contributed by atoms with E-state index in [0.717, 1.165) is 43.0 Å². The molecule has 2 heterocycles. The van der Waals surface area contributed by atoms with Crippen LogP contribution in [-0.4, -0.2) is 66.8 Å². The number of piperidine rings is 1. The predicted molar refractivity (Wildman–Crippen MR) is 162 cm³/mol. The Kier molecular flexibility index (Phi) is 10.1. The summed E-state index contributed by atoms with van der Waals surface area (Å²) in [6.07, 6.45) is 1.86. The summed E-state index contributed by atoms with van der Waals surface area (Å²) in [5, 5.41) is 19.7. The van der Waals surface area contributed by atoms with Gasteiger partial charge in [-0.3, -0.25) is 9.59 Å². The third-order valence-corrected chi connectivity index (χ3v) is 7.85. The number of rotatable bonds is 10. The third kappa shape index (κ3) is 7.47. The maximum absolute atomic E-state index is 13.6. The topological polar surface area (TPSA) is 112 Å². The second kappa shape index (κ2) is 14.3. The second-order valence-corrected chi connectivity index (χ2v) is 10.9. The summed E-state index contributed by atoms with van der Waals surface area (Å²) < 4.78 is 12.4. The average molecular weight is 573 g/mol. The first-order valence-corrected chi connectivity index (χ1v) is 14.8. The molecule has 3 aromatic rings. The molecule has 5 rings (SSSR count). The largest absolute Gasteiger partial charge is 0.486 e. The minimum Gasteiger partial charge on any atom is -0.486 e. The molecule has 4 N–H and O–H groups in total. The van der Waals surface area contributed by atoms with Crippen LogP contribution in [0.15, 0.2) is 72.8 Å². The molecule has 9 nitrogen and oxygen atoms in total. The first-order valence-electron chi connectivity index (χ1n) is 14.8. The number of para-hydroxylation sites is 2. The summed E-state index contributed by atoms with van der Waals surface area (Å²) in [5.41, 5.74) is 1.99. The molecule has 0 radical (unpaired) electrons. The summed E-state index contributed by atoms with van der Waals surface area (Å²) in [7, 11) is 0. The minimum absolute atomic E-state index is 0.0574. The zero-order valence-corrected chi connectivity index (χ0v) is 24.1. The standard InChI is InChI=1S/C33H40N4O5/c1-23(22-38)37-19-16-28(21-35-20-24-10-12-27(13-11-24)41-26-6-3-2-4-7-26)42-31-29(33(37)40)8-5-9-30(31)36-32(39)25-14-17-34-18-15-25/h2-13,23,25,28,34-35,38H,14-22H2,1H3,(H,36,39). The Morgan fingerprint density at radius 1 is 1.02 bits per heavy atom. The zero-order valence-electron chi connectivity index (χ0n) is 24.1. The molecule has 0 aliphatic carbocycles. The van der Waals surface area contributed by atoms with E-state index >= 15 is 0 Å². The highest BCUT2D eigenvalue weighted by atomic mass is 16.5. The number of hydrogen-bond donors (Lipinski definition) is 4. The van der Waals surface area contributed by atoms with Crippen LogP contribution in [-0.2, 0) is 11.3 Å². The van der Waals surface area contributed by atoms with Crippen molar-refractivity contribution in [3.05, 3.63) is 83.9 Å². The lowest BCUT2D eigenvalue weighted by Gasteiger charge is -2.34. The van der Waals surface area contributed by atoms with Gasteiger partial charge in [0, 0.05) is 32.0 Å². The van der Waals surface area contributed by atoms with Crippen LogP contribution in [0.1, 0.15) is 42.1 Å². The molecule has 222 valence electrons. The maximum atomic E-state index is 13.6. The molecule has 3 aromatic carbocycles. The lowest BCUT2D eigenvalue weighted by atomic mass is 9.97. The summed E-state index contributed by atoms with van der Waals surface area (Å²) in [6.45, 7) is 4.93. The van der Waals surface area contributed by atoms with Crippen molar-refractivity contribution in [1.29, 1.82) is 0 Å². The Morgan fingerprint density at radius 3 is 2.50 bits per heavy atom. The molecule has 2 amide bonds. The number of nitrogens with one attached hydrogen (secondary N) is 3. The van der Waals surface area contributed by atoms with E-state index in [2.05, 4.69) is 16.0 Å². The van der Waals surface area contributed by atoms with Crippen LogP contribution in [0.2, 0.25) is 0 Å². The Morgan fingerprint density at radius 2 is 1.76 bits per heavy atom.